The average molecular weight is 286 g/mol. The summed E-state index contributed by atoms with van der Waals surface area (Å²) in [6.07, 6.45) is 2.90. The van der Waals surface area contributed by atoms with Crippen molar-refractivity contribution in [1.29, 1.82) is 0 Å². The highest BCUT2D eigenvalue weighted by atomic mass is 32.2. The van der Waals surface area contributed by atoms with Gasteiger partial charge in [-0.25, -0.2) is 0 Å². The van der Waals surface area contributed by atoms with Crippen LogP contribution in [0.3, 0.4) is 0 Å². The van der Waals surface area contributed by atoms with Crippen LogP contribution in [0.1, 0.15) is 22.0 Å². The van der Waals surface area contributed by atoms with E-state index >= 15 is 0 Å². The van der Waals surface area contributed by atoms with Gasteiger partial charge < -0.3 is 5.11 Å². The third kappa shape index (κ3) is 3.30. The Labute approximate surface area is 122 Å². The zero-order valence-electron chi connectivity index (χ0n) is 11.7. The molecule has 0 amide bonds. The molecule has 0 aliphatic carbocycles. The fourth-order valence-corrected chi connectivity index (χ4v) is 3.40. The molecule has 3 heteroatoms. The summed E-state index contributed by atoms with van der Waals surface area (Å²) in [6, 6.07) is 18.2. The molecular formula is C17H18O2S. The molecule has 0 spiro atoms. The van der Waals surface area contributed by atoms with E-state index in [0.717, 1.165) is 0 Å². The first kappa shape index (κ1) is 14.8. The lowest BCUT2D eigenvalue weighted by atomic mass is 10.00. The number of rotatable bonds is 5. The van der Waals surface area contributed by atoms with E-state index < -0.39 is 11.4 Å². The first-order valence-corrected chi connectivity index (χ1v) is 8.58. The Morgan fingerprint density at radius 1 is 0.950 bits per heavy atom. The summed E-state index contributed by atoms with van der Waals surface area (Å²) in [6.45, 7) is 0. The van der Waals surface area contributed by atoms with E-state index in [9.17, 15) is 9.90 Å². The van der Waals surface area contributed by atoms with E-state index in [1.165, 1.54) is 0 Å². The van der Waals surface area contributed by atoms with E-state index in [2.05, 4.69) is 0 Å². The van der Waals surface area contributed by atoms with Crippen molar-refractivity contribution in [3.05, 3.63) is 71.8 Å². The molecule has 104 valence electrons. The largest absolute Gasteiger partial charge is 0.845 e. The van der Waals surface area contributed by atoms with Gasteiger partial charge in [-0.2, -0.15) is 0 Å². The van der Waals surface area contributed by atoms with Crippen molar-refractivity contribution in [2.24, 2.45) is 0 Å². The summed E-state index contributed by atoms with van der Waals surface area (Å²) in [4.78, 5) is 12.6. The van der Waals surface area contributed by atoms with Crippen LogP contribution in [0.5, 0.6) is 0 Å². The predicted octanol–water partition coefficient (Wildman–Crippen LogP) is 2.22. The molecule has 2 aromatic carbocycles. The Balaban J connectivity index is 2.30. The van der Waals surface area contributed by atoms with Crippen LogP contribution in [-0.4, -0.2) is 23.5 Å². The minimum absolute atomic E-state index is 0.0530. The zero-order valence-corrected chi connectivity index (χ0v) is 12.5. The molecule has 0 heterocycles. The van der Waals surface area contributed by atoms with E-state index in [1.54, 1.807) is 24.3 Å². The highest BCUT2D eigenvalue weighted by molar-refractivity contribution is 7.96. The summed E-state index contributed by atoms with van der Waals surface area (Å²) in [5.41, 5.74) is 1.30. The standard InChI is InChI=1S/C17H18O2S/c1-20(2)17(15(18)13-9-5-3-6-10-13)16(19)14-11-7-4-8-12-14/h3-12,15,17H,1-2H3. The Hall–Kier alpha value is -1.58. The number of Topliss-reactive ketones (excluding diaryl/α,β-unsaturated/α-hetero) is 1. The Kier molecular flexibility index (Phi) is 4.99. The first-order valence-electron chi connectivity index (χ1n) is 6.47. The van der Waals surface area contributed by atoms with Gasteiger partial charge in [0.05, 0.1) is 12.5 Å². The lowest BCUT2D eigenvalue weighted by molar-refractivity contribution is -0.422. The molecule has 0 N–H and O–H groups in total. The van der Waals surface area contributed by atoms with Crippen molar-refractivity contribution in [3.8, 4) is 0 Å². The van der Waals surface area contributed by atoms with E-state index in [0.29, 0.717) is 11.1 Å². The van der Waals surface area contributed by atoms with Gasteiger partial charge in [0.15, 0.2) is 5.25 Å². The number of carbonyl (C=O) groups is 1. The number of benzene rings is 2. The van der Waals surface area contributed by atoms with Crippen molar-refractivity contribution in [2.45, 2.75) is 11.4 Å². The van der Waals surface area contributed by atoms with Crippen LogP contribution < -0.4 is 5.11 Å². The first-order chi connectivity index (χ1) is 9.61. The van der Waals surface area contributed by atoms with Gasteiger partial charge in [-0.3, -0.25) is 4.79 Å². The molecule has 0 bridgehead atoms. The van der Waals surface area contributed by atoms with Crippen LogP contribution in [-0.2, 0) is 10.9 Å². The van der Waals surface area contributed by atoms with Gasteiger partial charge in [-0.1, -0.05) is 66.2 Å². The maximum Gasteiger partial charge on any atom is 0.214 e. The van der Waals surface area contributed by atoms with Crippen molar-refractivity contribution < 1.29 is 9.90 Å². The third-order valence-electron chi connectivity index (χ3n) is 3.23. The smallest absolute Gasteiger partial charge is 0.214 e. The predicted molar refractivity (Wildman–Crippen MR) is 83.0 cm³/mol. The summed E-state index contributed by atoms with van der Waals surface area (Å²) < 4.78 is 0. The molecule has 0 aliphatic heterocycles. The number of carbonyl (C=O) groups excluding carboxylic acids is 1. The van der Waals surface area contributed by atoms with Gasteiger partial charge in [0.2, 0.25) is 5.78 Å². The molecule has 20 heavy (non-hydrogen) atoms. The third-order valence-corrected chi connectivity index (χ3v) is 4.70. The van der Waals surface area contributed by atoms with E-state index in [-0.39, 0.29) is 16.7 Å². The SMILES string of the molecule is C[S+](C)C(C(=O)c1ccccc1)C([O-])c1ccccc1. The molecule has 2 nitrogen and oxygen atoms in total. The van der Waals surface area contributed by atoms with E-state index in [4.69, 9.17) is 0 Å². The van der Waals surface area contributed by atoms with Crippen molar-refractivity contribution in [2.75, 3.05) is 12.5 Å². The van der Waals surface area contributed by atoms with Crippen molar-refractivity contribution in [1.82, 2.24) is 0 Å². The summed E-state index contributed by atoms with van der Waals surface area (Å²) in [7, 11) is -0.277. The molecule has 0 aliphatic rings. The van der Waals surface area contributed by atoms with Crippen molar-refractivity contribution >= 4 is 16.7 Å². The quantitative estimate of drug-likeness (QED) is 0.624. The lowest BCUT2D eigenvalue weighted by Crippen LogP contribution is -2.41. The summed E-state index contributed by atoms with van der Waals surface area (Å²) >= 11 is 0. The minimum atomic E-state index is -1.01. The topological polar surface area (TPSA) is 40.1 Å². The second-order valence-corrected chi connectivity index (χ2v) is 7.13. The maximum atomic E-state index is 12.7. The fraction of sp³-hybridized carbons (Fsp3) is 0.235. The van der Waals surface area contributed by atoms with E-state index in [1.807, 2.05) is 48.9 Å². The molecule has 0 saturated carbocycles. The van der Waals surface area contributed by atoms with Crippen LogP contribution >= 0.6 is 0 Å². The van der Waals surface area contributed by atoms with Crippen molar-refractivity contribution in [3.63, 3.8) is 0 Å². The monoisotopic (exact) mass is 286 g/mol. The zero-order chi connectivity index (χ0) is 14.5. The molecule has 0 fully saturated rings. The Bertz CT molecular complexity index is 552. The van der Waals surface area contributed by atoms with Crippen LogP contribution in [0, 0.1) is 0 Å². The number of ketones is 1. The van der Waals surface area contributed by atoms with Crippen LogP contribution in [0.15, 0.2) is 60.7 Å². The van der Waals surface area contributed by atoms with Gasteiger partial charge >= 0.3 is 0 Å². The Morgan fingerprint density at radius 3 is 1.95 bits per heavy atom. The number of hydrogen-bond acceptors (Lipinski definition) is 2. The van der Waals surface area contributed by atoms with Gasteiger partial charge in [-0.05, 0) is 17.0 Å². The van der Waals surface area contributed by atoms with Crippen LogP contribution in [0.25, 0.3) is 0 Å². The minimum Gasteiger partial charge on any atom is -0.845 e. The van der Waals surface area contributed by atoms with Gasteiger partial charge in [-0.15, -0.1) is 0 Å². The summed E-state index contributed by atoms with van der Waals surface area (Å²) in [5.74, 6) is -0.0530. The normalized spacial score (nSPS) is 14.0. The molecule has 2 aromatic rings. The second-order valence-electron chi connectivity index (χ2n) is 4.86. The molecule has 0 saturated heterocycles. The average Bonchev–Trinajstić information content (AvgIpc) is 2.48. The maximum absolute atomic E-state index is 12.7. The summed E-state index contributed by atoms with van der Waals surface area (Å²) in [5, 5.41) is 12.2. The number of hydrogen-bond donors (Lipinski definition) is 0. The molecular weight excluding hydrogens is 268 g/mol. The lowest BCUT2D eigenvalue weighted by Gasteiger charge is -2.28. The Morgan fingerprint density at radius 2 is 1.45 bits per heavy atom. The molecule has 0 radical (unpaired) electrons. The molecule has 2 unspecified atom stereocenters. The van der Waals surface area contributed by atoms with Crippen LogP contribution in [0.2, 0.25) is 0 Å². The van der Waals surface area contributed by atoms with Gasteiger partial charge in [0.1, 0.15) is 0 Å². The highest BCUT2D eigenvalue weighted by Gasteiger charge is 2.33. The highest BCUT2D eigenvalue weighted by Crippen LogP contribution is 2.23. The second kappa shape index (κ2) is 6.73. The van der Waals surface area contributed by atoms with Crippen LogP contribution in [0.4, 0.5) is 0 Å². The van der Waals surface area contributed by atoms with Gasteiger partial charge in [0, 0.05) is 5.56 Å². The van der Waals surface area contributed by atoms with Gasteiger partial charge in [0.25, 0.3) is 0 Å². The fourth-order valence-electron chi connectivity index (χ4n) is 2.18. The molecule has 0 aromatic heterocycles. The molecule has 2 rings (SSSR count). The molecule has 2 atom stereocenters.